The molecular weight excluding hydrogens is 333 g/mol. The first-order chi connectivity index (χ1) is 12.5. The Morgan fingerprint density at radius 1 is 1.35 bits per heavy atom. The molecule has 1 aliphatic heterocycles. The fraction of sp³-hybridized carbons (Fsp3) is 0.524. The number of carbonyl (C=O) groups is 2. The van der Waals surface area contributed by atoms with E-state index in [1.165, 1.54) is 26.0 Å². The molecular formula is C21H24FNO3. The lowest BCUT2D eigenvalue weighted by Gasteiger charge is -2.41. The van der Waals surface area contributed by atoms with Gasteiger partial charge in [0.25, 0.3) is 0 Å². The van der Waals surface area contributed by atoms with E-state index in [2.05, 4.69) is 5.32 Å². The van der Waals surface area contributed by atoms with Crippen molar-refractivity contribution in [1.29, 1.82) is 0 Å². The van der Waals surface area contributed by atoms with Gasteiger partial charge in [0.2, 0.25) is 0 Å². The number of hydrogen-bond donors (Lipinski definition) is 1. The average Bonchev–Trinajstić information content (AvgIpc) is 3.48. The SMILES string of the molecule is COC(=O)C1(c2cccc(F)c2C)CCC2=C(C1)C(=O)CC(C1CC1)N2. The summed E-state index contributed by atoms with van der Waals surface area (Å²) in [6.07, 6.45) is 4.26. The second kappa shape index (κ2) is 6.22. The molecule has 2 unspecified atom stereocenters. The van der Waals surface area contributed by atoms with Gasteiger partial charge in [-0.15, -0.1) is 0 Å². The van der Waals surface area contributed by atoms with Crippen molar-refractivity contribution in [1.82, 2.24) is 5.32 Å². The lowest BCUT2D eigenvalue weighted by Crippen LogP contribution is -2.47. The van der Waals surface area contributed by atoms with Crippen molar-refractivity contribution in [3.8, 4) is 0 Å². The third-order valence-electron chi connectivity index (χ3n) is 6.30. The highest BCUT2D eigenvalue weighted by molar-refractivity contribution is 5.99. The van der Waals surface area contributed by atoms with Gasteiger partial charge in [0.05, 0.1) is 12.5 Å². The molecule has 0 amide bonds. The molecule has 2 aliphatic carbocycles. The average molecular weight is 357 g/mol. The van der Waals surface area contributed by atoms with Crippen molar-refractivity contribution in [3.05, 3.63) is 46.4 Å². The van der Waals surface area contributed by atoms with Crippen LogP contribution in [-0.2, 0) is 19.7 Å². The van der Waals surface area contributed by atoms with Gasteiger partial charge >= 0.3 is 5.97 Å². The van der Waals surface area contributed by atoms with Gasteiger partial charge in [0.1, 0.15) is 5.82 Å². The smallest absolute Gasteiger partial charge is 0.316 e. The zero-order chi connectivity index (χ0) is 18.5. The summed E-state index contributed by atoms with van der Waals surface area (Å²) in [6, 6.07) is 5.04. The number of halogens is 1. The van der Waals surface area contributed by atoms with Crippen LogP contribution in [0.15, 0.2) is 29.5 Å². The first-order valence-electron chi connectivity index (χ1n) is 9.32. The number of benzene rings is 1. The number of methoxy groups -OCH3 is 1. The second-order valence-corrected chi connectivity index (χ2v) is 7.84. The molecule has 138 valence electrons. The van der Waals surface area contributed by atoms with Crippen LogP contribution in [0.1, 0.15) is 49.7 Å². The van der Waals surface area contributed by atoms with Crippen molar-refractivity contribution >= 4 is 11.8 Å². The summed E-state index contributed by atoms with van der Waals surface area (Å²) in [7, 11) is 1.35. The zero-order valence-corrected chi connectivity index (χ0v) is 15.2. The first-order valence-corrected chi connectivity index (χ1v) is 9.32. The number of esters is 1. The van der Waals surface area contributed by atoms with E-state index in [-0.39, 0.29) is 24.1 Å². The van der Waals surface area contributed by atoms with Crippen LogP contribution in [0.5, 0.6) is 0 Å². The third kappa shape index (κ3) is 2.65. The van der Waals surface area contributed by atoms with Crippen LogP contribution in [0.3, 0.4) is 0 Å². The highest BCUT2D eigenvalue weighted by atomic mass is 19.1. The molecule has 4 rings (SSSR count). The summed E-state index contributed by atoms with van der Waals surface area (Å²) in [5.41, 5.74) is 1.76. The highest BCUT2D eigenvalue weighted by Crippen LogP contribution is 2.47. The maximum absolute atomic E-state index is 14.2. The summed E-state index contributed by atoms with van der Waals surface area (Å²) in [4.78, 5) is 25.6. The van der Waals surface area contributed by atoms with Crippen molar-refractivity contribution in [3.63, 3.8) is 0 Å². The lowest BCUT2D eigenvalue weighted by atomic mass is 9.65. The number of nitrogens with one attached hydrogen (secondary N) is 1. The Balaban J connectivity index is 1.75. The van der Waals surface area contributed by atoms with Crippen LogP contribution in [0.25, 0.3) is 0 Å². The predicted molar refractivity (Wildman–Crippen MR) is 95.0 cm³/mol. The van der Waals surface area contributed by atoms with Gasteiger partial charge in [-0.1, -0.05) is 12.1 Å². The van der Waals surface area contributed by atoms with Crippen molar-refractivity contribution < 1.29 is 18.7 Å². The quantitative estimate of drug-likeness (QED) is 0.843. The van der Waals surface area contributed by atoms with Gasteiger partial charge in [-0.25, -0.2) is 4.39 Å². The van der Waals surface area contributed by atoms with Crippen LogP contribution < -0.4 is 5.32 Å². The molecule has 0 saturated heterocycles. The molecule has 1 saturated carbocycles. The molecule has 1 heterocycles. The Morgan fingerprint density at radius 2 is 2.12 bits per heavy atom. The fourth-order valence-corrected chi connectivity index (χ4v) is 4.63. The minimum atomic E-state index is -0.997. The number of Topliss-reactive ketones (excluding diaryl/α,β-unsaturated/α-hetero) is 1. The number of ketones is 1. The predicted octanol–water partition coefficient (Wildman–Crippen LogP) is 3.32. The van der Waals surface area contributed by atoms with Gasteiger partial charge < -0.3 is 10.1 Å². The van der Waals surface area contributed by atoms with Crippen LogP contribution in [-0.4, -0.2) is 24.9 Å². The van der Waals surface area contributed by atoms with Crippen molar-refractivity contribution in [2.24, 2.45) is 5.92 Å². The molecule has 0 spiro atoms. The Kier molecular flexibility index (Phi) is 4.13. The minimum absolute atomic E-state index is 0.123. The molecule has 1 aromatic rings. The summed E-state index contributed by atoms with van der Waals surface area (Å²) >= 11 is 0. The number of rotatable bonds is 3. The zero-order valence-electron chi connectivity index (χ0n) is 15.2. The van der Waals surface area contributed by atoms with Crippen molar-refractivity contribution in [2.75, 3.05) is 7.11 Å². The molecule has 26 heavy (non-hydrogen) atoms. The standard InChI is InChI=1S/C21H24FNO3/c1-12-15(4-3-5-16(12)22)21(20(25)26-2)9-8-17-14(11-21)19(24)10-18(23-17)13-6-7-13/h3-5,13,18,23H,6-11H2,1-2H3. The Labute approximate surface area is 152 Å². The van der Waals surface area contributed by atoms with E-state index in [1.807, 2.05) is 0 Å². The first kappa shape index (κ1) is 17.3. The maximum atomic E-state index is 14.2. The molecule has 1 fully saturated rings. The van der Waals surface area contributed by atoms with Crippen LogP contribution in [0.4, 0.5) is 4.39 Å². The largest absolute Gasteiger partial charge is 0.468 e. The molecule has 4 nitrogen and oxygen atoms in total. The monoisotopic (exact) mass is 357 g/mol. The lowest BCUT2D eigenvalue weighted by molar-refractivity contribution is -0.148. The number of ether oxygens (including phenoxy) is 1. The fourth-order valence-electron chi connectivity index (χ4n) is 4.63. The Bertz CT molecular complexity index is 811. The second-order valence-electron chi connectivity index (χ2n) is 7.84. The molecule has 3 aliphatic rings. The Morgan fingerprint density at radius 3 is 2.81 bits per heavy atom. The normalized spacial score (nSPS) is 28.4. The molecule has 1 aromatic carbocycles. The van der Waals surface area contributed by atoms with Crippen LogP contribution in [0.2, 0.25) is 0 Å². The van der Waals surface area contributed by atoms with Gasteiger partial charge in [0, 0.05) is 23.7 Å². The summed E-state index contributed by atoms with van der Waals surface area (Å²) in [5.74, 6) is -0.00856. The molecule has 0 aromatic heterocycles. The van der Waals surface area contributed by atoms with E-state index in [9.17, 15) is 14.0 Å². The van der Waals surface area contributed by atoms with Gasteiger partial charge in [-0.05, 0) is 62.1 Å². The van der Waals surface area contributed by atoms with Crippen LogP contribution in [0, 0.1) is 18.7 Å². The van der Waals surface area contributed by atoms with Crippen molar-refractivity contribution in [2.45, 2.75) is 56.9 Å². The van der Waals surface area contributed by atoms with E-state index in [1.54, 1.807) is 19.1 Å². The highest BCUT2D eigenvalue weighted by Gasteiger charge is 2.49. The molecule has 1 N–H and O–H groups in total. The van der Waals surface area contributed by atoms with Gasteiger partial charge in [0.15, 0.2) is 5.78 Å². The maximum Gasteiger partial charge on any atom is 0.316 e. The number of allylic oxidation sites excluding steroid dienone is 2. The summed E-state index contributed by atoms with van der Waals surface area (Å²) in [5, 5.41) is 3.55. The Hall–Kier alpha value is -2.17. The number of carbonyl (C=O) groups excluding carboxylic acids is 2. The van der Waals surface area contributed by atoms with E-state index in [0.717, 1.165) is 5.70 Å². The summed E-state index contributed by atoms with van der Waals surface area (Å²) in [6.45, 7) is 1.68. The molecule has 2 atom stereocenters. The minimum Gasteiger partial charge on any atom is -0.468 e. The molecule has 0 radical (unpaired) electrons. The van der Waals surface area contributed by atoms with Crippen LogP contribution >= 0.6 is 0 Å². The van der Waals surface area contributed by atoms with Gasteiger partial charge in [-0.2, -0.15) is 0 Å². The third-order valence-corrected chi connectivity index (χ3v) is 6.30. The van der Waals surface area contributed by atoms with E-state index < -0.39 is 11.4 Å². The van der Waals surface area contributed by atoms with E-state index in [4.69, 9.17) is 4.74 Å². The number of hydrogen-bond acceptors (Lipinski definition) is 4. The summed E-state index contributed by atoms with van der Waals surface area (Å²) < 4.78 is 19.3. The van der Waals surface area contributed by atoms with Gasteiger partial charge in [-0.3, -0.25) is 9.59 Å². The van der Waals surface area contributed by atoms with E-state index in [0.29, 0.717) is 41.9 Å². The topological polar surface area (TPSA) is 55.4 Å². The molecule has 5 heteroatoms. The molecule has 0 bridgehead atoms. The van der Waals surface area contributed by atoms with E-state index >= 15 is 0 Å².